The highest BCUT2D eigenvalue weighted by Gasteiger charge is 2.13. The van der Waals surface area contributed by atoms with Gasteiger partial charge in [-0.2, -0.15) is 0 Å². The number of rotatable bonds is 5. The Morgan fingerprint density at radius 1 is 1.18 bits per heavy atom. The number of nitrogens with zero attached hydrogens (tertiary/aromatic N) is 1. The first-order chi connectivity index (χ1) is 8.08. The van der Waals surface area contributed by atoms with E-state index in [1.54, 1.807) is 0 Å². The first kappa shape index (κ1) is 13.6. The van der Waals surface area contributed by atoms with E-state index in [4.69, 9.17) is 0 Å². The molecule has 3 nitrogen and oxygen atoms in total. The molecule has 0 aliphatic heterocycles. The molecular weight excluding hydrogens is 212 g/mol. The van der Waals surface area contributed by atoms with E-state index in [2.05, 4.69) is 5.32 Å². The van der Waals surface area contributed by atoms with Gasteiger partial charge in [0.15, 0.2) is 0 Å². The minimum atomic E-state index is 0.114. The van der Waals surface area contributed by atoms with Crippen molar-refractivity contribution in [1.82, 2.24) is 0 Å². The lowest BCUT2D eigenvalue weighted by Gasteiger charge is -2.15. The van der Waals surface area contributed by atoms with E-state index < -0.39 is 0 Å². The predicted octanol–water partition coefficient (Wildman–Crippen LogP) is 3.13. The van der Waals surface area contributed by atoms with Gasteiger partial charge in [0.1, 0.15) is 0 Å². The molecule has 94 valence electrons. The lowest BCUT2D eigenvalue weighted by molar-refractivity contribution is -0.120. The molecule has 0 unspecified atom stereocenters. The van der Waals surface area contributed by atoms with Gasteiger partial charge in [0.2, 0.25) is 5.91 Å². The van der Waals surface area contributed by atoms with Crippen molar-refractivity contribution < 1.29 is 4.79 Å². The Labute approximate surface area is 104 Å². The molecule has 3 heteroatoms. The number of carbonyl (C=O) groups is 1. The van der Waals surface area contributed by atoms with Gasteiger partial charge in [-0.05, 0) is 37.1 Å². The van der Waals surface area contributed by atoms with Crippen LogP contribution < -0.4 is 10.2 Å². The fourth-order valence-corrected chi connectivity index (χ4v) is 1.75. The van der Waals surface area contributed by atoms with Crippen LogP contribution in [0.3, 0.4) is 0 Å². The van der Waals surface area contributed by atoms with Gasteiger partial charge in [-0.1, -0.05) is 13.8 Å². The van der Waals surface area contributed by atoms with Crippen molar-refractivity contribution >= 4 is 17.3 Å². The van der Waals surface area contributed by atoms with Gasteiger partial charge in [0.25, 0.3) is 0 Å². The summed E-state index contributed by atoms with van der Waals surface area (Å²) in [5, 5.41) is 2.95. The summed E-state index contributed by atoms with van der Waals surface area (Å²) in [5.41, 5.74) is 2.00. The average molecular weight is 234 g/mol. The van der Waals surface area contributed by atoms with Crippen LogP contribution in [0.2, 0.25) is 0 Å². The van der Waals surface area contributed by atoms with Crippen molar-refractivity contribution in [1.29, 1.82) is 0 Å². The Hall–Kier alpha value is -1.51. The molecule has 0 heterocycles. The van der Waals surface area contributed by atoms with Crippen LogP contribution in [0.4, 0.5) is 11.4 Å². The standard InChI is InChI=1S/C14H22N2O/c1-5-11(6-2)14(17)15-12-7-9-13(10-8-12)16(3)4/h7-11H,5-6H2,1-4H3,(H,15,17). The summed E-state index contributed by atoms with van der Waals surface area (Å²) in [5.74, 6) is 0.233. The van der Waals surface area contributed by atoms with Gasteiger partial charge < -0.3 is 10.2 Å². The molecule has 0 atom stereocenters. The molecule has 0 aliphatic carbocycles. The van der Waals surface area contributed by atoms with E-state index in [0.717, 1.165) is 24.2 Å². The van der Waals surface area contributed by atoms with Gasteiger partial charge in [-0.3, -0.25) is 4.79 Å². The van der Waals surface area contributed by atoms with Crippen LogP contribution in [-0.2, 0) is 4.79 Å². The number of benzene rings is 1. The second kappa shape index (κ2) is 6.28. The van der Waals surface area contributed by atoms with Crippen molar-refractivity contribution in [2.45, 2.75) is 26.7 Å². The van der Waals surface area contributed by atoms with E-state index in [-0.39, 0.29) is 11.8 Å². The topological polar surface area (TPSA) is 32.3 Å². The SMILES string of the molecule is CCC(CC)C(=O)Nc1ccc(N(C)C)cc1. The van der Waals surface area contributed by atoms with Gasteiger partial charge in [-0.15, -0.1) is 0 Å². The second-order valence-electron chi connectivity index (χ2n) is 4.44. The van der Waals surface area contributed by atoms with E-state index in [9.17, 15) is 4.79 Å². The number of amides is 1. The molecule has 1 rings (SSSR count). The summed E-state index contributed by atoms with van der Waals surface area (Å²) in [7, 11) is 4.00. The third kappa shape index (κ3) is 3.77. The van der Waals surface area contributed by atoms with Crippen LogP contribution in [-0.4, -0.2) is 20.0 Å². The molecule has 1 N–H and O–H groups in total. The maximum absolute atomic E-state index is 11.9. The Morgan fingerprint density at radius 2 is 1.71 bits per heavy atom. The Morgan fingerprint density at radius 3 is 2.12 bits per heavy atom. The molecule has 0 bridgehead atoms. The maximum atomic E-state index is 11.9. The van der Waals surface area contributed by atoms with Crippen LogP contribution in [0.5, 0.6) is 0 Å². The van der Waals surface area contributed by atoms with Crippen molar-refractivity contribution in [2.24, 2.45) is 5.92 Å². The number of nitrogens with one attached hydrogen (secondary N) is 1. The Bertz CT molecular complexity index is 353. The van der Waals surface area contributed by atoms with Crippen molar-refractivity contribution in [3.8, 4) is 0 Å². The van der Waals surface area contributed by atoms with Crippen LogP contribution in [0.1, 0.15) is 26.7 Å². The summed E-state index contributed by atoms with van der Waals surface area (Å²) < 4.78 is 0. The largest absolute Gasteiger partial charge is 0.378 e. The third-order valence-electron chi connectivity index (χ3n) is 3.01. The first-order valence-corrected chi connectivity index (χ1v) is 6.16. The van der Waals surface area contributed by atoms with Crippen molar-refractivity contribution in [3.05, 3.63) is 24.3 Å². The lowest BCUT2D eigenvalue weighted by Crippen LogP contribution is -2.21. The van der Waals surface area contributed by atoms with Crippen molar-refractivity contribution in [2.75, 3.05) is 24.3 Å². The molecular formula is C14H22N2O. The normalized spacial score (nSPS) is 10.4. The highest BCUT2D eigenvalue weighted by molar-refractivity contribution is 5.92. The maximum Gasteiger partial charge on any atom is 0.227 e. The number of hydrogen-bond donors (Lipinski definition) is 1. The molecule has 0 saturated carbocycles. The zero-order valence-electron chi connectivity index (χ0n) is 11.2. The zero-order chi connectivity index (χ0) is 12.8. The zero-order valence-corrected chi connectivity index (χ0v) is 11.2. The molecule has 1 aromatic rings. The quantitative estimate of drug-likeness (QED) is 0.849. The van der Waals surface area contributed by atoms with Crippen LogP contribution >= 0.6 is 0 Å². The average Bonchev–Trinajstić information content (AvgIpc) is 2.31. The second-order valence-corrected chi connectivity index (χ2v) is 4.44. The molecule has 0 fully saturated rings. The molecule has 17 heavy (non-hydrogen) atoms. The van der Waals surface area contributed by atoms with Gasteiger partial charge in [-0.25, -0.2) is 0 Å². The summed E-state index contributed by atoms with van der Waals surface area (Å²) >= 11 is 0. The summed E-state index contributed by atoms with van der Waals surface area (Å²) in [6.07, 6.45) is 1.77. The van der Waals surface area contributed by atoms with Crippen LogP contribution in [0.25, 0.3) is 0 Å². The van der Waals surface area contributed by atoms with Crippen LogP contribution in [0.15, 0.2) is 24.3 Å². The third-order valence-corrected chi connectivity index (χ3v) is 3.01. The fraction of sp³-hybridized carbons (Fsp3) is 0.500. The van der Waals surface area contributed by atoms with E-state index in [1.807, 2.05) is 57.1 Å². The molecule has 0 spiro atoms. The number of hydrogen-bond acceptors (Lipinski definition) is 2. The molecule has 0 aliphatic rings. The minimum absolute atomic E-state index is 0.114. The summed E-state index contributed by atoms with van der Waals surface area (Å²) in [4.78, 5) is 13.9. The predicted molar refractivity (Wildman–Crippen MR) is 73.5 cm³/mol. The molecule has 1 aromatic carbocycles. The van der Waals surface area contributed by atoms with Crippen LogP contribution in [0, 0.1) is 5.92 Å². The lowest BCUT2D eigenvalue weighted by atomic mass is 10.0. The molecule has 0 radical (unpaired) electrons. The Balaban J connectivity index is 2.66. The van der Waals surface area contributed by atoms with E-state index >= 15 is 0 Å². The van der Waals surface area contributed by atoms with E-state index in [0.29, 0.717) is 0 Å². The minimum Gasteiger partial charge on any atom is -0.378 e. The van der Waals surface area contributed by atoms with Crippen molar-refractivity contribution in [3.63, 3.8) is 0 Å². The Kier molecular flexibility index (Phi) is 5.01. The highest BCUT2D eigenvalue weighted by atomic mass is 16.1. The molecule has 0 saturated heterocycles. The smallest absolute Gasteiger partial charge is 0.227 e. The monoisotopic (exact) mass is 234 g/mol. The molecule has 0 aromatic heterocycles. The first-order valence-electron chi connectivity index (χ1n) is 6.16. The highest BCUT2D eigenvalue weighted by Crippen LogP contribution is 2.17. The van der Waals surface area contributed by atoms with E-state index in [1.165, 1.54) is 0 Å². The summed E-state index contributed by atoms with van der Waals surface area (Å²) in [6.45, 7) is 4.09. The summed E-state index contributed by atoms with van der Waals surface area (Å²) in [6, 6.07) is 7.89. The number of anilines is 2. The van der Waals surface area contributed by atoms with Gasteiger partial charge in [0, 0.05) is 31.4 Å². The van der Waals surface area contributed by atoms with Gasteiger partial charge in [0.05, 0.1) is 0 Å². The van der Waals surface area contributed by atoms with Gasteiger partial charge >= 0.3 is 0 Å². The molecule has 1 amide bonds. The fourth-order valence-electron chi connectivity index (χ4n) is 1.75. The number of carbonyl (C=O) groups excluding carboxylic acids is 1.